The molecule has 2 aliphatic heterocycles. The molecule has 1 saturated heterocycles. The molecule has 2 heterocycles. The SMILES string of the molecule is COc1ccc2c(c1)CCN1CCC(N(C)S(=O)(=O)N(C)C)CC21. The topological polar surface area (TPSA) is 53.1 Å². The zero-order valence-corrected chi connectivity index (χ0v) is 15.7. The van der Waals surface area contributed by atoms with Gasteiger partial charge in [0, 0.05) is 46.3 Å². The van der Waals surface area contributed by atoms with Gasteiger partial charge in [0.15, 0.2) is 0 Å². The lowest BCUT2D eigenvalue weighted by Crippen LogP contribution is -2.51. The van der Waals surface area contributed by atoms with E-state index in [0.717, 1.165) is 38.1 Å². The highest BCUT2D eigenvalue weighted by molar-refractivity contribution is 7.86. The van der Waals surface area contributed by atoms with E-state index in [-0.39, 0.29) is 6.04 Å². The lowest BCUT2D eigenvalue weighted by atomic mass is 9.85. The summed E-state index contributed by atoms with van der Waals surface area (Å²) < 4.78 is 33.1. The van der Waals surface area contributed by atoms with Crippen LogP contribution in [0.4, 0.5) is 0 Å². The second-order valence-electron chi connectivity index (χ2n) is 6.85. The summed E-state index contributed by atoms with van der Waals surface area (Å²) in [4.78, 5) is 2.49. The van der Waals surface area contributed by atoms with Gasteiger partial charge in [-0.05, 0) is 42.5 Å². The molecule has 0 spiro atoms. The van der Waals surface area contributed by atoms with E-state index in [1.54, 1.807) is 32.6 Å². The highest BCUT2D eigenvalue weighted by Crippen LogP contribution is 2.39. The third-order valence-corrected chi connectivity index (χ3v) is 7.35. The third-order valence-electron chi connectivity index (χ3n) is 5.40. The molecule has 24 heavy (non-hydrogen) atoms. The van der Waals surface area contributed by atoms with Gasteiger partial charge in [0.05, 0.1) is 7.11 Å². The summed E-state index contributed by atoms with van der Waals surface area (Å²) in [5, 5.41) is 0. The van der Waals surface area contributed by atoms with Crippen LogP contribution in [0.25, 0.3) is 0 Å². The van der Waals surface area contributed by atoms with Crippen molar-refractivity contribution in [2.45, 2.75) is 31.3 Å². The fraction of sp³-hybridized carbons (Fsp3) is 0.647. The van der Waals surface area contributed by atoms with Gasteiger partial charge in [0.25, 0.3) is 10.2 Å². The second-order valence-corrected chi connectivity index (χ2v) is 9.05. The molecule has 0 bridgehead atoms. The number of nitrogens with zero attached hydrogens (tertiary/aromatic N) is 3. The lowest BCUT2D eigenvalue weighted by Gasteiger charge is -2.45. The Balaban J connectivity index is 1.84. The van der Waals surface area contributed by atoms with Gasteiger partial charge in [-0.25, -0.2) is 0 Å². The molecule has 6 nitrogen and oxygen atoms in total. The summed E-state index contributed by atoms with van der Waals surface area (Å²) in [7, 11) is 3.19. The van der Waals surface area contributed by atoms with Crippen LogP contribution in [0, 0.1) is 0 Å². The van der Waals surface area contributed by atoms with Gasteiger partial charge in [-0.15, -0.1) is 0 Å². The van der Waals surface area contributed by atoms with E-state index in [2.05, 4.69) is 17.0 Å². The number of fused-ring (bicyclic) bond motifs is 3. The minimum Gasteiger partial charge on any atom is -0.497 e. The first-order valence-electron chi connectivity index (χ1n) is 8.41. The maximum Gasteiger partial charge on any atom is 0.281 e. The highest BCUT2D eigenvalue weighted by Gasteiger charge is 2.38. The number of benzene rings is 1. The van der Waals surface area contributed by atoms with E-state index >= 15 is 0 Å². The first-order chi connectivity index (χ1) is 11.3. The molecule has 0 aromatic heterocycles. The largest absolute Gasteiger partial charge is 0.497 e. The van der Waals surface area contributed by atoms with Crippen LogP contribution in [0.1, 0.15) is 30.0 Å². The molecule has 7 heteroatoms. The molecule has 2 aliphatic rings. The van der Waals surface area contributed by atoms with E-state index in [1.807, 2.05) is 6.07 Å². The van der Waals surface area contributed by atoms with Crippen LogP contribution in [0.3, 0.4) is 0 Å². The van der Waals surface area contributed by atoms with Gasteiger partial charge >= 0.3 is 0 Å². The van der Waals surface area contributed by atoms with Gasteiger partial charge in [-0.1, -0.05) is 6.07 Å². The standard InChI is InChI=1S/C17H27N3O3S/c1-18(2)24(21,22)19(3)14-8-10-20-9-7-13-11-15(23-4)5-6-16(13)17(20)12-14/h5-6,11,14,17H,7-10,12H2,1-4H3. The van der Waals surface area contributed by atoms with Crippen molar-refractivity contribution in [2.24, 2.45) is 0 Å². The van der Waals surface area contributed by atoms with Gasteiger partial charge in [0.1, 0.15) is 5.75 Å². The van der Waals surface area contributed by atoms with Crippen molar-refractivity contribution in [3.05, 3.63) is 29.3 Å². The predicted octanol–water partition coefficient (Wildman–Crippen LogP) is 1.50. The Bertz CT molecular complexity index is 705. The van der Waals surface area contributed by atoms with Crippen LogP contribution in [0.15, 0.2) is 18.2 Å². The van der Waals surface area contributed by atoms with Crippen molar-refractivity contribution in [2.75, 3.05) is 41.3 Å². The fourth-order valence-corrected chi connectivity index (χ4v) is 4.96. The molecule has 0 saturated carbocycles. The van der Waals surface area contributed by atoms with Gasteiger partial charge in [0.2, 0.25) is 0 Å². The Kier molecular flexibility index (Phi) is 4.88. The lowest BCUT2D eigenvalue weighted by molar-refractivity contribution is 0.0954. The van der Waals surface area contributed by atoms with E-state index in [1.165, 1.54) is 15.4 Å². The van der Waals surface area contributed by atoms with E-state index in [9.17, 15) is 8.42 Å². The molecule has 0 aliphatic carbocycles. The summed E-state index contributed by atoms with van der Waals surface area (Å²) in [6, 6.07) is 6.60. The molecule has 2 unspecified atom stereocenters. The Hall–Kier alpha value is -1.15. The smallest absolute Gasteiger partial charge is 0.281 e. The monoisotopic (exact) mass is 353 g/mol. The van der Waals surface area contributed by atoms with E-state index in [0.29, 0.717) is 6.04 Å². The number of methoxy groups -OCH3 is 1. The van der Waals surface area contributed by atoms with Crippen molar-refractivity contribution in [3.8, 4) is 5.75 Å². The normalized spacial score (nSPS) is 24.8. The fourth-order valence-electron chi connectivity index (χ4n) is 3.88. The zero-order valence-electron chi connectivity index (χ0n) is 14.9. The minimum absolute atomic E-state index is 0.0340. The van der Waals surface area contributed by atoms with Crippen molar-refractivity contribution in [1.82, 2.24) is 13.5 Å². The number of piperidine rings is 1. The van der Waals surface area contributed by atoms with Crippen LogP contribution < -0.4 is 4.74 Å². The molecule has 1 aromatic carbocycles. The van der Waals surface area contributed by atoms with Gasteiger partial charge in [-0.2, -0.15) is 17.0 Å². The Morgan fingerprint density at radius 2 is 1.96 bits per heavy atom. The van der Waals surface area contributed by atoms with Crippen molar-refractivity contribution in [1.29, 1.82) is 0 Å². The first-order valence-corrected chi connectivity index (χ1v) is 9.80. The number of rotatable bonds is 4. The van der Waals surface area contributed by atoms with Crippen molar-refractivity contribution >= 4 is 10.2 Å². The molecule has 2 atom stereocenters. The predicted molar refractivity (Wildman–Crippen MR) is 94.4 cm³/mol. The Morgan fingerprint density at radius 1 is 1.21 bits per heavy atom. The second kappa shape index (κ2) is 6.63. The van der Waals surface area contributed by atoms with Gasteiger partial charge < -0.3 is 4.74 Å². The molecule has 1 aromatic rings. The summed E-state index contributed by atoms with van der Waals surface area (Å²) in [6.45, 7) is 1.97. The molecule has 0 radical (unpaired) electrons. The average molecular weight is 353 g/mol. The number of ether oxygens (including phenoxy) is 1. The maximum absolute atomic E-state index is 12.4. The Morgan fingerprint density at radius 3 is 2.62 bits per heavy atom. The van der Waals surface area contributed by atoms with Crippen LogP contribution >= 0.6 is 0 Å². The maximum atomic E-state index is 12.4. The van der Waals surface area contributed by atoms with E-state index in [4.69, 9.17) is 4.74 Å². The first kappa shape index (κ1) is 17.7. The summed E-state index contributed by atoms with van der Waals surface area (Å²) in [5.74, 6) is 0.891. The molecule has 0 amide bonds. The average Bonchev–Trinajstić information content (AvgIpc) is 2.59. The quantitative estimate of drug-likeness (QED) is 0.823. The van der Waals surface area contributed by atoms with Crippen LogP contribution in [0.2, 0.25) is 0 Å². The van der Waals surface area contributed by atoms with Crippen molar-refractivity contribution in [3.63, 3.8) is 0 Å². The Labute approximate surface area is 145 Å². The van der Waals surface area contributed by atoms with E-state index < -0.39 is 10.2 Å². The third kappa shape index (κ3) is 3.06. The highest BCUT2D eigenvalue weighted by atomic mass is 32.2. The molecule has 134 valence electrons. The van der Waals surface area contributed by atoms with Crippen LogP contribution in [-0.4, -0.2) is 69.3 Å². The summed E-state index contributed by atoms with van der Waals surface area (Å²) in [5.41, 5.74) is 2.65. The molecule has 3 rings (SSSR count). The molecule has 0 N–H and O–H groups in total. The molecular formula is C17H27N3O3S. The molecular weight excluding hydrogens is 326 g/mol. The minimum atomic E-state index is -3.37. The number of hydrogen-bond donors (Lipinski definition) is 0. The van der Waals surface area contributed by atoms with Crippen LogP contribution in [-0.2, 0) is 16.6 Å². The number of hydrogen-bond acceptors (Lipinski definition) is 4. The molecule has 1 fully saturated rings. The summed E-state index contributed by atoms with van der Waals surface area (Å²) in [6.07, 6.45) is 2.74. The van der Waals surface area contributed by atoms with Gasteiger partial charge in [-0.3, -0.25) is 4.90 Å². The van der Waals surface area contributed by atoms with Crippen molar-refractivity contribution < 1.29 is 13.2 Å². The zero-order chi connectivity index (χ0) is 17.5. The van der Waals surface area contributed by atoms with Crippen LogP contribution in [0.5, 0.6) is 5.75 Å². The summed E-state index contributed by atoms with van der Waals surface area (Å²) >= 11 is 0.